The van der Waals surface area contributed by atoms with E-state index in [0.717, 1.165) is 12.0 Å². The monoisotopic (exact) mass is 226 g/mol. The molecule has 2 rings (SSSR count). The molecule has 1 atom stereocenters. The van der Waals surface area contributed by atoms with E-state index in [0.29, 0.717) is 5.92 Å². The van der Waals surface area contributed by atoms with Gasteiger partial charge in [0.2, 0.25) is 0 Å². The second-order valence-electron chi connectivity index (χ2n) is 4.45. The lowest BCUT2D eigenvalue weighted by Crippen LogP contribution is -1.98. The van der Waals surface area contributed by atoms with E-state index in [2.05, 4.69) is 36.8 Å². The van der Waals surface area contributed by atoms with Crippen LogP contribution in [0.25, 0.3) is 11.1 Å². The minimum atomic E-state index is 0.555. The highest BCUT2D eigenvalue weighted by Crippen LogP contribution is 2.29. The lowest BCUT2D eigenvalue weighted by molar-refractivity contribution is 0.724. The van der Waals surface area contributed by atoms with Crippen molar-refractivity contribution in [2.24, 2.45) is 0 Å². The van der Waals surface area contributed by atoms with Crippen LogP contribution in [0.3, 0.4) is 0 Å². The summed E-state index contributed by atoms with van der Waals surface area (Å²) in [5.41, 5.74) is 5.00. The molecule has 0 saturated heterocycles. The fraction of sp³-hybridized carbons (Fsp3) is 0.333. The molecule has 0 spiro atoms. The molecule has 1 unspecified atom stereocenters. The SMILES string of the molecule is CCC(C)c1cncc(-c2cccnc2)c1C. The first-order valence-electron chi connectivity index (χ1n) is 6.09. The minimum Gasteiger partial charge on any atom is -0.264 e. The van der Waals surface area contributed by atoms with Crippen molar-refractivity contribution in [2.75, 3.05) is 0 Å². The Balaban J connectivity index is 2.50. The van der Waals surface area contributed by atoms with Gasteiger partial charge < -0.3 is 0 Å². The normalized spacial score (nSPS) is 12.4. The largest absolute Gasteiger partial charge is 0.264 e. The van der Waals surface area contributed by atoms with E-state index in [1.165, 1.54) is 16.7 Å². The molecule has 0 radical (unpaired) electrons. The number of hydrogen-bond acceptors (Lipinski definition) is 2. The molecule has 2 heterocycles. The summed E-state index contributed by atoms with van der Waals surface area (Å²) in [5.74, 6) is 0.555. The van der Waals surface area contributed by atoms with Gasteiger partial charge in [0, 0.05) is 35.9 Å². The number of aromatic nitrogens is 2. The predicted octanol–water partition coefficient (Wildman–Crippen LogP) is 3.97. The summed E-state index contributed by atoms with van der Waals surface area (Å²) in [6, 6.07) is 4.04. The molecular weight excluding hydrogens is 208 g/mol. The Hall–Kier alpha value is -1.70. The first kappa shape index (κ1) is 11.8. The van der Waals surface area contributed by atoms with Crippen molar-refractivity contribution in [2.45, 2.75) is 33.1 Å². The van der Waals surface area contributed by atoms with Crippen molar-refractivity contribution in [3.63, 3.8) is 0 Å². The summed E-state index contributed by atoms with van der Waals surface area (Å²) >= 11 is 0. The Labute approximate surface area is 103 Å². The molecule has 17 heavy (non-hydrogen) atoms. The summed E-state index contributed by atoms with van der Waals surface area (Å²) in [5, 5.41) is 0. The van der Waals surface area contributed by atoms with Gasteiger partial charge >= 0.3 is 0 Å². The average molecular weight is 226 g/mol. The summed E-state index contributed by atoms with van der Waals surface area (Å²) in [6.07, 6.45) is 8.75. The van der Waals surface area contributed by atoms with Crippen LogP contribution in [-0.2, 0) is 0 Å². The van der Waals surface area contributed by atoms with Crippen LogP contribution < -0.4 is 0 Å². The molecule has 2 nitrogen and oxygen atoms in total. The summed E-state index contributed by atoms with van der Waals surface area (Å²) in [7, 11) is 0. The van der Waals surface area contributed by atoms with E-state index < -0.39 is 0 Å². The Kier molecular flexibility index (Phi) is 3.52. The molecule has 0 aliphatic carbocycles. The van der Waals surface area contributed by atoms with Crippen molar-refractivity contribution >= 4 is 0 Å². The Morgan fingerprint density at radius 3 is 2.65 bits per heavy atom. The van der Waals surface area contributed by atoms with Crippen molar-refractivity contribution in [1.82, 2.24) is 9.97 Å². The highest BCUT2D eigenvalue weighted by Gasteiger charge is 2.11. The van der Waals surface area contributed by atoms with Gasteiger partial charge in [0.05, 0.1) is 0 Å². The number of rotatable bonds is 3. The molecule has 2 aromatic heterocycles. The van der Waals surface area contributed by atoms with Gasteiger partial charge in [-0.3, -0.25) is 9.97 Å². The fourth-order valence-corrected chi connectivity index (χ4v) is 2.07. The van der Waals surface area contributed by atoms with Gasteiger partial charge in [-0.05, 0) is 36.5 Å². The van der Waals surface area contributed by atoms with Crippen molar-refractivity contribution in [3.8, 4) is 11.1 Å². The van der Waals surface area contributed by atoms with E-state index in [9.17, 15) is 0 Å². The van der Waals surface area contributed by atoms with Crippen LogP contribution in [0.4, 0.5) is 0 Å². The molecule has 0 aliphatic heterocycles. The van der Waals surface area contributed by atoms with E-state index in [1.807, 2.05) is 24.7 Å². The number of hydrogen-bond donors (Lipinski definition) is 0. The molecule has 0 N–H and O–H groups in total. The average Bonchev–Trinajstić information content (AvgIpc) is 2.39. The third-order valence-corrected chi connectivity index (χ3v) is 3.37. The molecule has 2 heteroatoms. The molecule has 2 aromatic rings. The second kappa shape index (κ2) is 5.09. The number of pyridine rings is 2. The lowest BCUT2D eigenvalue weighted by Gasteiger charge is -2.15. The molecule has 0 aliphatic rings. The molecular formula is C15H18N2. The van der Waals surface area contributed by atoms with Crippen LogP contribution in [0.2, 0.25) is 0 Å². The Bertz CT molecular complexity index is 492. The third-order valence-electron chi connectivity index (χ3n) is 3.37. The zero-order valence-corrected chi connectivity index (χ0v) is 10.6. The highest BCUT2D eigenvalue weighted by atomic mass is 14.6. The maximum atomic E-state index is 4.36. The maximum Gasteiger partial charge on any atom is 0.0349 e. The first-order valence-corrected chi connectivity index (χ1v) is 6.09. The van der Waals surface area contributed by atoms with Gasteiger partial charge in [-0.25, -0.2) is 0 Å². The standard InChI is InChI=1S/C15H18N2/c1-4-11(2)14-9-17-10-15(12(14)3)13-6-5-7-16-8-13/h5-11H,4H2,1-3H3. The number of nitrogens with zero attached hydrogens (tertiary/aromatic N) is 2. The molecule has 0 aromatic carbocycles. The van der Waals surface area contributed by atoms with Crippen molar-refractivity contribution in [1.29, 1.82) is 0 Å². The third kappa shape index (κ3) is 2.36. The maximum absolute atomic E-state index is 4.36. The molecule has 0 saturated carbocycles. The van der Waals surface area contributed by atoms with E-state index in [1.54, 1.807) is 6.20 Å². The second-order valence-corrected chi connectivity index (χ2v) is 4.45. The molecule has 88 valence electrons. The van der Waals surface area contributed by atoms with Crippen LogP contribution >= 0.6 is 0 Å². The molecule has 0 fully saturated rings. The lowest BCUT2D eigenvalue weighted by atomic mass is 9.92. The quantitative estimate of drug-likeness (QED) is 0.791. The summed E-state index contributed by atoms with van der Waals surface area (Å²) < 4.78 is 0. The van der Waals surface area contributed by atoms with Gasteiger partial charge in [0.25, 0.3) is 0 Å². The van der Waals surface area contributed by atoms with Gasteiger partial charge in [-0.1, -0.05) is 19.9 Å². The van der Waals surface area contributed by atoms with Gasteiger partial charge in [0.15, 0.2) is 0 Å². The van der Waals surface area contributed by atoms with Crippen LogP contribution in [0.5, 0.6) is 0 Å². The van der Waals surface area contributed by atoms with Crippen LogP contribution in [0.15, 0.2) is 36.9 Å². The molecule has 0 amide bonds. The van der Waals surface area contributed by atoms with Crippen LogP contribution in [0, 0.1) is 6.92 Å². The van der Waals surface area contributed by atoms with Gasteiger partial charge in [0.1, 0.15) is 0 Å². The smallest absolute Gasteiger partial charge is 0.0349 e. The van der Waals surface area contributed by atoms with Gasteiger partial charge in [-0.2, -0.15) is 0 Å². The zero-order chi connectivity index (χ0) is 12.3. The summed E-state index contributed by atoms with van der Waals surface area (Å²) in [4.78, 5) is 8.53. The minimum absolute atomic E-state index is 0.555. The van der Waals surface area contributed by atoms with E-state index in [-0.39, 0.29) is 0 Å². The van der Waals surface area contributed by atoms with Gasteiger partial charge in [-0.15, -0.1) is 0 Å². The topological polar surface area (TPSA) is 25.8 Å². The first-order chi connectivity index (χ1) is 8.24. The van der Waals surface area contributed by atoms with Crippen LogP contribution in [-0.4, -0.2) is 9.97 Å². The Morgan fingerprint density at radius 2 is 2.00 bits per heavy atom. The predicted molar refractivity (Wildman–Crippen MR) is 70.9 cm³/mol. The Morgan fingerprint density at radius 1 is 1.18 bits per heavy atom. The van der Waals surface area contributed by atoms with Crippen molar-refractivity contribution < 1.29 is 0 Å². The summed E-state index contributed by atoms with van der Waals surface area (Å²) in [6.45, 7) is 6.63. The van der Waals surface area contributed by atoms with Crippen LogP contribution in [0.1, 0.15) is 37.3 Å². The van der Waals surface area contributed by atoms with E-state index >= 15 is 0 Å². The molecule has 0 bridgehead atoms. The highest BCUT2D eigenvalue weighted by molar-refractivity contribution is 5.66. The van der Waals surface area contributed by atoms with Crippen molar-refractivity contribution in [3.05, 3.63) is 48.0 Å². The fourth-order valence-electron chi connectivity index (χ4n) is 2.07. The van der Waals surface area contributed by atoms with E-state index in [4.69, 9.17) is 0 Å². The zero-order valence-electron chi connectivity index (χ0n) is 10.6.